The number of fused-ring (bicyclic) bond motifs is 1. The molecule has 3 heterocycles. The van der Waals surface area contributed by atoms with Crippen LogP contribution in [0, 0.1) is 0 Å². The maximum Gasteiger partial charge on any atom is 0.407 e. The molecule has 4 N–H and O–H groups in total. The number of carbonyl (C=O) groups is 1. The van der Waals surface area contributed by atoms with Gasteiger partial charge in [0.25, 0.3) is 0 Å². The van der Waals surface area contributed by atoms with Crippen LogP contribution in [0.4, 0.5) is 10.6 Å². The number of nitrogens with zero attached hydrogens (tertiary/aromatic N) is 4. The fraction of sp³-hybridized carbons (Fsp3) is 0.400. The summed E-state index contributed by atoms with van der Waals surface area (Å²) in [6.07, 6.45) is 0.874. The molecule has 3 rings (SSSR count). The number of aromatic amines is 1. The van der Waals surface area contributed by atoms with Crippen LogP contribution in [0.3, 0.4) is 0 Å². The molecule has 9 heteroatoms. The van der Waals surface area contributed by atoms with Crippen LogP contribution >= 0.6 is 0 Å². The maximum absolute atomic E-state index is 12.0. The zero-order valence-corrected chi connectivity index (χ0v) is 9.91. The molecule has 1 fully saturated rings. The van der Waals surface area contributed by atoms with E-state index in [0.29, 0.717) is 24.1 Å². The SMILES string of the molecule is Nc1ncnc2c1[nH]c(=O)n2C1CCN(C(=O)O)C1. The van der Waals surface area contributed by atoms with Gasteiger partial charge in [-0.05, 0) is 6.42 Å². The average molecular weight is 264 g/mol. The highest BCUT2D eigenvalue weighted by molar-refractivity contribution is 5.81. The van der Waals surface area contributed by atoms with Crippen LogP contribution in [0.1, 0.15) is 12.5 Å². The molecule has 2 aromatic heterocycles. The Morgan fingerprint density at radius 1 is 1.53 bits per heavy atom. The second-order valence-corrected chi connectivity index (χ2v) is 4.43. The first-order chi connectivity index (χ1) is 9.08. The molecule has 1 atom stereocenters. The molecule has 1 aliphatic rings. The number of nitrogens with two attached hydrogens (primary N) is 1. The fourth-order valence-corrected chi connectivity index (χ4v) is 2.42. The summed E-state index contributed by atoms with van der Waals surface area (Å²) in [6.45, 7) is 0.672. The van der Waals surface area contributed by atoms with Gasteiger partial charge in [0, 0.05) is 13.1 Å². The molecule has 1 unspecified atom stereocenters. The van der Waals surface area contributed by atoms with Crippen molar-refractivity contribution < 1.29 is 9.90 Å². The Hall–Kier alpha value is -2.58. The molecular formula is C10H12N6O3. The minimum absolute atomic E-state index is 0.203. The Morgan fingerprint density at radius 2 is 2.32 bits per heavy atom. The smallest absolute Gasteiger partial charge is 0.407 e. The zero-order chi connectivity index (χ0) is 13.6. The van der Waals surface area contributed by atoms with Gasteiger partial charge in [0.05, 0.1) is 6.04 Å². The highest BCUT2D eigenvalue weighted by Gasteiger charge is 2.29. The van der Waals surface area contributed by atoms with Crippen molar-refractivity contribution in [3.63, 3.8) is 0 Å². The van der Waals surface area contributed by atoms with Crippen LogP contribution < -0.4 is 11.4 Å². The van der Waals surface area contributed by atoms with E-state index in [1.54, 1.807) is 0 Å². The van der Waals surface area contributed by atoms with E-state index in [9.17, 15) is 9.59 Å². The first-order valence-corrected chi connectivity index (χ1v) is 5.76. The second-order valence-electron chi connectivity index (χ2n) is 4.43. The van der Waals surface area contributed by atoms with Crippen LogP contribution in [0.15, 0.2) is 11.1 Å². The van der Waals surface area contributed by atoms with Gasteiger partial charge in [0.15, 0.2) is 11.5 Å². The molecule has 19 heavy (non-hydrogen) atoms. The Bertz CT molecular complexity index is 705. The summed E-state index contributed by atoms with van der Waals surface area (Å²) in [7, 11) is 0. The van der Waals surface area contributed by atoms with Crippen molar-refractivity contribution in [2.24, 2.45) is 0 Å². The molecule has 9 nitrogen and oxygen atoms in total. The van der Waals surface area contributed by atoms with E-state index in [-0.39, 0.29) is 24.1 Å². The molecule has 100 valence electrons. The lowest BCUT2D eigenvalue weighted by Crippen LogP contribution is -2.29. The first kappa shape index (κ1) is 11.5. The van der Waals surface area contributed by atoms with Crippen molar-refractivity contribution in [2.45, 2.75) is 12.5 Å². The molecular weight excluding hydrogens is 252 g/mol. The van der Waals surface area contributed by atoms with E-state index in [4.69, 9.17) is 10.8 Å². The summed E-state index contributed by atoms with van der Waals surface area (Å²) in [5, 5.41) is 8.94. The van der Waals surface area contributed by atoms with Crippen molar-refractivity contribution in [1.82, 2.24) is 24.4 Å². The molecule has 1 saturated heterocycles. The summed E-state index contributed by atoms with van der Waals surface area (Å²) >= 11 is 0. The van der Waals surface area contributed by atoms with Gasteiger partial charge in [-0.15, -0.1) is 0 Å². The molecule has 2 aromatic rings. The number of H-pyrrole nitrogens is 1. The Morgan fingerprint density at radius 3 is 3.00 bits per heavy atom. The Kier molecular flexibility index (Phi) is 2.40. The number of hydrogen-bond donors (Lipinski definition) is 3. The van der Waals surface area contributed by atoms with E-state index < -0.39 is 6.09 Å². The number of imidazole rings is 1. The summed E-state index contributed by atoms with van der Waals surface area (Å²) in [5.74, 6) is 0.203. The van der Waals surface area contributed by atoms with E-state index in [2.05, 4.69) is 15.0 Å². The molecule has 1 amide bonds. The fourth-order valence-electron chi connectivity index (χ4n) is 2.42. The van der Waals surface area contributed by atoms with Crippen molar-refractivity contribution in [1.29, 1.82) is 0 Å². The largest absolute Gasteiger partial charge is 0.465 e. The molecule has 0 bridgehead atoms. The number of amides is 1. The van der Waals surface area contributed by atoms with Crippen molar-refractivity contribution in [2.75, 3.05) is 18.8 Å². The minimum Gasteiger partial charge on any atom is -0.465 e. The maximum atomic E-state index is 12.0. The van der Waals surface area contributed by atoms with Gasteiger partial charge in [0.2, 0.25) is 0 Å². The zero-order valence-electron chi connectivity index (χ0n) is 9.91. The van der Waals surface area contributed by atoms with Gasteiger partial charge in [-0.2, -0.15) is 0 Å². The molecule has 0 aliphatic carbocycles. The number of hydrogen-bond acceptors (Lipinski definition) is 5. The lowest BCUT2D eigenvalue weighted by Gasteiger charge is -2.13. The highest BCUT2D eigenvalue weighted by Crippen LogP contribution is 2.24. The second kappa shape index (κ2) is 3.97. The predicted molar refractivity (Wildman–Crippen MR) is 65.8 cm³/mol. The standard InChI is InChI=1S/C10H12N6O3/c11-7-6-8(13-4-12-7)16(9(17)14-6)5-1-2-15(3-5)10(18)19/h4-5H,1-3H2,(H,14,17)(H,18,19)(H2,11,12,13). The van der Waals surface area contributed by atoms with Crippen LogP contribution in [0.2, 0.25) is 0 Å². The topological polar surface area (TPSA) is 130 Å². The summed E-state index contributed by atoms with van der Waals surface area (Å²) < 4.78 is 1.45. The minimum atomic E-state index is -0.982. The lowest BCUT2D eigenvalue weighted by atomic mass is 10.2. The Balaban J connectivity index is 2.07. The van der Waals surface area contributed by atoms with Crippen molar-refractivity contribution in [3.8, 4) is 0 Å². The van der Waals surface area contributed by atoms with Gasteiger partial charge in [0.1, 0.15) is 11.8 Å². The number of rotatable bonds is 1. The normalized spacial score (nSPS) is 19.2. The predicted octanol–water partition coefficient (Wildman–Crippen LogP) is -0.373. The molecule has 0 spiro atoms. The number of nitrogen functional groups attached to an aromatic ring is 1. The highest BCUT2D eigenvalue weighted by atomic mass is 16.4. The van der Waals surface area contributed by atoms with Gasteiger partial charge in [-0.25, -0.2) is 19.6 Å². The number of likely N-dealkylation sites (tertiary alicyclic amines) is 1. The van der Waals surface area contributed by atoms with Crippen LogP contribution in [0.25, 0.3) is 11.2 Å². The number of nitrogens with one attached hydrogen (secondary N) is 1. The van der Waals surface area contributed by atoms with E-state index >= 15 is 0 Å². The third kappa shape index (κ3) is 1.70. The summed E-state index contributed by atoms with van der Waals surface area (Å²) in [4.78, 5) is 34.6. The van der Waals surface area contributed by atoms with Crippen LogP contribution in [-0.4, -0.2) is 48.7 Å². The summed E-state index contributed by atoms with van der Waals surface area (Å²) in [6, 6.07) is -0.230. The quantitative estimate of drug-likeness (QED) is 0.644. The Labute approximate surface area is 106 Å². The van der Waals surface area contributed by atoms with E-state index in [1.165, 1.54) is 15.8 Å². The molecule has 0 radical (unpaired) electrons. The third-order valence-electron chi connectivity index (χ3n) is 3.33. The summed E-state index contributed by atoms with van der Waals surface area (Å²) in [5.41, 5.74) is 6.13. The van der Waals surface area contributed by atoms with E-state index in [0.717, 1.165) is 0 Å². The monoisotopic (exact) mass is 264 g/mol. The van der Waals surface area contributed by atoms with Gasteiger partial charge >= 0.3 is 11.8 Å². The van der Waals surface area contributed by atoms with E-state index in [1.807, 2.05) is 0 Å². The van der Waals surface area contributed by atoms with Crippen LogP contribution in [-0.2, 0) is 0 Å². The van der Waals surface area contributed by atoms with Gasteiger partial charge in [-0.1, -0.05) is 0 Å². The number of carboxylic acid groups (broad SMARTS) is 1. The average Bonchev–Trinajstić information content (AvgIpc) is 2.93. The third-order valence-corrected chi connectivity index (χ3v) is 3.33. The molecule has 0 saturated carbocycles. The van der Waals surface area contributed by atoms with Crippen molar-refractivity contribution in [3.05, 3.63) is 16.8 Å². The van der Waals surface area contributed by atoms with Crippen LogP contribution in [0.5, 0.6) is 0 Å². The number of aromatic nitrogens is 4. The van der Waals surface area contributed by atoms with Gasteiger partial charge < -0.3 is 20.7 Å². The molecule has 1 aliphatic heterocycles. The van der Waals surface area contributed by atoms with Gasteiger partial charge in [-0.3, -0.25) is 4.57 Å². The van der Waals surface area contributed by atoms with Crippen molar-refractivity contribution >= 4 is 23.1 Å². The lowest BCUT2D eigenvalue weighted by molar-refractivity contribution is 0.154. The number of anilines is 1. The molecule has 0 aromatic carbocycles. The first-order valence-electron chi connectivity index (χ1n) is 5.76.